The molecule has 0 aliphatic heterocycles. The van der Waals surface area contributed by atoms with Crippen molar-refractivity contribution in [2.75, 3.05) is 11.9 Å². The summed E-state index contributed by atoms with van der Waals surface area (Å²) in [5, 5.41) is 3.47. The van der Waals surface area contributed by atoms with Gasteiger partial charge in [-0.15, -0.1) is 11.3 Å². The van der Waals surface area contributed by atoms with E-state index < -0.39 is 0 Å². The van der Waals surface area contributed by atoms with Crippen molar-refractivity contribution in [2.45, 2.75) is 65.7 Å². The Balaban J connectivity index is 1.54. The molecular formula is C27H34N2O2S. The van der Waals surface area contributed by atoms with Gasteiger partial charge >= 0.3 is 0 Å². The average Bonchev–Trinajstić information content (AvgIpc) is 3.18. The number of nitrogens with zero attached hydrogens (tertiary/aromatic N) is 1. The Labute approximate surface area is 196 Å². The number of aryl methyl sites for hydroxylation is 2. The van der Waals surface area contributed by atoms with E-state index in [0.29, 0.717) is 5.13 Å². The third-order valence-electron chi connectivity index (χ3n) is 5.32. The van der Waals surface area contributed by atoms with Crippen LogP contribution in [0.5, 0.6) is 5.75 Å². The molecule has 0 saturated carbocycles. The largest absolute Gasteiger partial charge is 0.483 e. The van der Waals surface area contributed by atoms with E-state index in [1.165, 1.54) is 40.9 Å². The topological polar surface area (TPSA) is 51.2 Å². The summed E-state index contributed by atoms with van der Waals surface area (Å²) in [4.78, 5) is 17.9. The van der Waals surface area contributed by atoms with E-state index >= 15 is 0 Å². The Morgan fingerprint density at radius 3 is 2.50 bits per heavy atom. The van der Waals surface area contributed by atoms with Crippen LogP contribution in [0.4, 0.5) is 5.13 Å². The van der Waals surface area contributed by atoms with Crippen molar-refractivity contribution in [3.05, 3.63) is 75.8 Å². The Morgan fingerprint density at radius 2 is 1.81 bits per heavy atom. The molecule has 1 aromatic heterocycles. The first-order valence-corrected chi connectivity index (χ1v) is 12.1. The fraction of sp³-hybridized carbons (Fsp3) is 0.407. The van der Waals surface area contributed by atoms with Crippen LogP contribution < -0.4 is 10.1 Å². The molecule has 170 valence electrons. The van der Waals surface area contributed by atoms with Crippen molar-refractivity contribution in [1.82, 2.24) is 4.98 Å². The van der Waals surface area contributed by atoms with Crippen LogP contribution in [0.25, 0.3) is 0 Å². The van der Waals surface area contributed by atoms with Crippen molar-refractivity contribution in [3.63, 3.8) is 0 Å². The van der Waals surface area contributed by atoms with Gasteiger partial charge in [-0.3, -0.25) is 10.1 Å². The van der Waals surface area contributed by atoms with Gasteiger partial charge in [-0.05, 0) is 47.9 Å². The van der Waals surface area contributed by atoms with Crippen LogP contribution in [-0.4, -0.2) is 17.5 Å². The van der Waals surface area contributed by atoms with Gasteiger partial charge in [-0.2, -0.15) is 0 Å². The van der Waals surface area contributed by atoms with Crippen LogP contribution in [-0.2, 0) is 23.1 Å². The average molecular weight is 451 g/mol. The molecule has 0 aliphatic rings. The maximum Gasteiger partial charge on any atom is 0.264 e. The van der Waals surface area contributed by atoms with Gasteiger partial charge in [0.05, 0.1) is 0 Å². The summed E-state index contributed by atoms with van der Waals surface area (Å²) in [5.74, 6) is 0.548. The summed E-state index contributed by atoms with van der Waals surface area (Å²) in [5.41, 5.74) is 4.86. The highest BCUT2D eigenvalue weighted by atomic mass is 32.1. The highest BCUT2D eigenvalue weighted by molar-refractivity contribution is 7.15. The number of thiazole rings is 1. The fourth-order valence-corrected chi connectivity index (χ4v) is 4.37. The van der Waals surface area contributed by atoms with Gasteiger partial charge in [-0.25, -0.2) is 4.98 Å². The lowest BCUT2D eigenvalue weighted by Gasteiger charge is -2.23. The number of ether oxygens (including phenoxy) is 1. The predicted octanol–water partition coefficient (Wildman–Crippen LogP) is 6.70. The maximum atomic E-state index is 12.4. The van der Waals surface area contributed by atoms with Crippen molar-refractivity contribution in [1.29, 1.82) is 0 Å². The van der Waals surface area contributed by atoms with E-state index in [1.807, 2.05) is 18.3 Å². The predicted molar refractivity (Wildman–Crippen MR) is 134 cm³/mol. The number of benzene rings is 2. The number of nitrogens with one attached hydrogen (secondary N) is 1. The molecule has 3 aromatic rings. The second-order valence-electron chi connectivity index (χ2n) is 9.32. The standard InChI is InChI=1S/C27H34N2O2S/c1-6-7-8-20-10-12-21(13-11-20)16-22-17-28-26(32-22)29-25(30)18-31-24-14-9-19(2)15-23(24)27(3,4)5/h9-15,17H,6-8,16,18H2,1-5H3,(H,28,29,30). The molecule has 0 saturated heterocycles. The minimum Gasteiger partial charge on any atom is -0.483 e. The molecule has 1 N–H and O–H groups in total. The van der Waals surface area contributed by atoms with Crippen molar-refractivity contribution >= 4 is 22.4 Å². The Morgan fingerprint density at radius 1 is 1.09 bits per heavy atom. The van der Waals surface area contributed by atoms with Crippen LogP contribution in [0.2, 0.25) is 0 Å². The number of hydrogen-bond donors (Lipinski definition) is 1. The number of carbonyl (C=O) groups excluding carboxylic acids is 1. The summed E-state index contributed by atoms with van der Waals surface area (Å²) >= 11 is 1.51. The Kier molecular flexibility index (Phi) is 8.08. The number of hydrogen-bond acceptors (Lipinski definition) is 4. The van der Waals surface area contributed by atoms with Crippen molar-refractivity contribution < 1.29 is 9.53 Å². The molecule has 2 aromatic carbocycles. The first kappa shape index (κ1) is 24.0. The summed E-state index contributed by atoms with van der Waals surface area (Å²) in [6.07, 6.45) is 6.23. The number of aromatic nitrogens is 1. The van der Waals surface area contributed by atoms with E-state index in [9.17, 15) is 4.79 Å². The molecule has 0 unspecified atom stereocenters. The minimum atomic E-state index is -0.202. The third-order valence-corrected chi connectivity index (χ3v) is 6.23. The summed E-state index contributed by atoms with van der Waals surface area (Å²) < 4.78 is 5.86. The van der Waals surface area contributed by atoms with Crippen LogP contribution in [0.3, 0.4) is 0 Å². The lowest BCUT2D eigenvalue weighted by Crippen LogP contribution is -2.22. The molecule has 0 atom stereocenters. The minimum absolute atomic E-state index is 0.0414. The van der Waals surface area contributed by atoms with Crippen molar-refractivity contribution in [3.8, 4) is 5.75 Å². The van der Waals surface area contributed by atoms with Crippen LogP contribution in [0.15, 0.2) is 48.7 Å². The molecule has 1 heterocycles. The zero-order valence-corrected chi connectivity index (χ0v) is 20.6. The normalized spacial score (nSPS) is 11.4. The van der Waals surface area contributed by atoms with Gasteiger partial charge in [-0.1, -0.05) is 76.1 Å². The van der Waals surface area contributed by atoms with Gasteiger partial charge in [0.25, 0.3) is 5.91 Å². The van der Waals surface area contributed by atoms with Crippen LogP contribution >= 0.6 is 11.3 Å². The highest BCUT2D eigenvalue weighted by Gasteiger charge is 2.20. The zero-order chi connectivity index (χ0) is 23.1. The highest BCUT2D eigenvalue weighted by Crippen LogP contribution is 2.32. The Hall–Kier alpha value is -2.66. The number of amides is 1. The molecule has 0 aliphatic carbocycles. The van der Waals surface area contributed by atoms with Crippen LogP contribution in [0.1, 0.15) is 67.7 Å². The fourth-order valence-electron chi connectivity index (χ4n) is 3.51. The molecule has 0 fully saturated rings. The number of anilines is 1. The summed E-state index contributed by atoms with van der Waals surface area (Å²) in [6.45, 7) is 10.7. The monoisotopic (exact) mass is 450 g/mol. The number of carbonyl (C=O) groups is 1. The van der Waals surface area contributed by atoms with E-state index in [2.05, 4.69) is 75.3 Å². The second-order valence-corrected chi connectivity index (χ2v) is 10.4. The lowest BCUT2D eigenvalue weighted by molar-refractivity contribution is -0.118. The molecule has 4 nitrogen and oxygen atoms in total. The van der Waals surface area contributed by atoms with Gasteiger partial charge in [0.15, 0.2) is 11.7 Å². The van der Waals surface area contributed by atoms with Gasteiger partial charge in [0.2, 0.25) is 0 Å². The van der Waals surface area contributed by atoms with E-state index in [-0.39, 0.29) is 17.9 Å². The van der Waals surface area contributed by atoms with E-state index in [4.69, 9.17) is 4.74 Å². The molecule has 32 heavy (non-hydrogen) atoms. The molecule has 1 amide bonds. The van der Waals surface area contributed by atoms with Gasteiger partial charge < -0.3 is 4.74 Å². The lowest BCUT2D eigenvalue weighted by atomic mass is 9.85. The molecule has 0 bridgehead atoms. The van der Waals surface area contributed by atoms with Crippen molar-refractivity contribution in [2.24, 2.45) is 0 Å². The number of unbranched alkanes of at least 4 members (excludes halogenated alkanes) is 1. The molecule has 5 heteroatoms. The van der Waals surface area contributed by atoms with E-state index in [1.54, 1.807) is 0 Å². The molecule has 0 radical (unpaired) electrons. The first-order valence-electron chi connectivity index (χ1n) is 11.3. The summed E-state index contributed by atoms with van der Waals surface area (Å²) in [6, 6.07) is 14.9. The Bertz CT molecular complexity index is 1030. The van der Waals surface area contributed by atoms with Gasteiger partial charge in [0, 0.05) is 17.5 Å². The summed E-state index contributed by atoms with van der Waals surface area (Å²) in [7, 11) is 0. The third kappa shape index (κ3) is 6.92. The van der Waals surface area contributed by atoms with Crippen LogP contribution in [0, 0.1) is 6.92 Å². The smallest absolute Gasteiger partial charge is 0.264 e. The second kappa shape index (κ2) is 10.8. The first-order chi connectivity index (χ1) is 15.2. The number of rotatable bonds is 9. The molecular weight excluding hydrogens is 416 g/mol. The zero-order valence-electron chi connectivity index (χ0n) is 19.8. The van der Waals surface area contributed by atoms with E-state index in [0.717, 1.165) is 29.0 Å². The van der Waals surface area contributed by atoms with Gasteiger partial charge in [0.1, 0.15) is 5.75 Å². The quantitative estimate of drug-likeness (QED) is 0.395. The molecule has 0 spiro atoms. The SMILES string of the molecule is CCCCc1ccc(Cc2cnc(NC(=O)COc3ccc(C)cc3C(C)(C)C)s2)cc1. The molecule has 3 rings (SSSR count). The maximum absolute atomic E-state index is 12.4.